The average Bonchev–Trinajstić information content (AvgIpc) is 3.32. The minimum atomic E-state index is -3.41. The van der Waals surface area contributed by atoms with Crippen molar-refractivity contribution in [2.45, 2.75) is 31.2 Å². The van der Waals surface area contributed by atoms with Crippen molar-refractivity contribution in [3.63, 3.8) is 0 Å². The number of thioether (sulfide) groups is 1. The van der Waals surface area contributed by atoms with Gasteiger partial charge in [-0.2, -0.15) is 0 Å². The number of carbonyl (C=O) groups excluding carboxylic acids is 1. The third-order valence-corrected chi connectivity index (χ3v) is 7.79. The molecule has 3 heterocycles. The van der Waals surface area contributed by atoms with Crippen molar-refractivity contribution < 1.29 is 13.2 Å². The molecule has 1 aromatic heterocycles. The molecule has 0 saturated heterocycles. The van der Waals surface area contributed by atoms with Crippen LogP contribution in [0.3, 0.4) is 0 Å². The fourth-order valence-corrected chi connectivity index (χ4v) is 6.26. The van der Waals surface area contributed by atoms with Crippen molar-refractivity contribution in [3.8, 4) is 0 Å². The standard InChI is InChI=1S/C22H23N5O3S2/c1-13(2)11-17(20-23-15-5-3-4-6-16(15)24-20)25-21(28)14-7-8-18-19(12-14)31-22-26-32(29,30)10-9-27(18)22/h3-8,12-13,17H,9-11H2,1-2H3,(H,23,24)(H,25,28)/t17-/m1/s1. The van der Waals surface area contributed by atoms with Crippen LogP contribution < -0.4 is 10.2 Å². The quantitative estimate of drug-likeness (QED) is 0.590. The Balaban J connectivity index is 1.40. The molecular formula is C22H23N5O3S2. The van der Waals surface area contributed by atoms with Gasteiger partial charge in [0.1, 0.15) is 5.82 Å². The number of benzene rings is 2. The zero-order valence-electron chi connectivity index (χ0n) is 17.7. The molecule has 8 nitrogen and oxygen atoms in total. The Hall–Kier alpha value is -2.85. The van der Waals surface area contributed by atoms with Crippen molar-refractivity contribution in [1.29, 1.82) is 0 Å². The lowest BCUT2D eigenvalue weighted by Gasteiger charge is -2.22. The van der Waals surface area contributed by atoms with Crippen molar-refractivity contribution in [1.82, 2.24) is 15.3 Å². The molecule has 0 saturated carbocycles. The van der Waals surface area contributed by atoms with Gasteiger partial charge in [0.15, 0.2) is 5.17 Å². The van der Waals surface area contributed by atoms with Crippen LogP contribution >= 0.6 is 11.8 Å². The molecule has 1 amide bonds. The van der Waals surface area contributed by atoms with Gasteiger partial charge >= 0.3 is 0 Å². The highest BCUT2D eigenvalue weighted by Gasteiger charge is 2.33. The molecule has 0 aliphatic carbocycles. The number of hydrogen-bond acceptors (Lipinski definition) is 6. The smallest absolute Gasteiger partial charge is 0.257 e. The number of rotatable bonds is 5. The van der Waals surface area contributed by atoms with Crippen LogP contribution in [0, 0.1) is 5.92 Å². The number of aromatic amines is 1. The van der Waals surface area contributed by atoms with E-state index >= 15 is 0 Å². The van der Waals surface area contributed by atoms with E-state index in [2.05, 4.69) is 33.5 Å². The number of hydrogen-bond donors (Lipinski definition) is 2. The highest BCUT2D eigenvalue weighted by atomic mass is 32.2. The van der Waals surface area contributed by atoms with E-state index in [0.29, 0.717) is 23.2 Å². The number of amidine groups is 1. The van der Waals surface area contributed by atoms with Crippen LogP contribution in [0.1, 0.15) is 42.5 Å². The highest BCUT2D eigenvalue weighted by molar-refractivity contribution is 8.15. The predicted octanol–water partition coefficient (Wildman–Crippen LogP) is 3.69. The SMILES string of the molecule is CC(C)C[C@@H](NC(=O)c1ccc2c(c1)SC1=NS(=O)(=O)CCN12)c1nc2ccccc2[nH]1. The third-order valence-electron chi connectivity index (χ3n) is 5.49. The van der Waals surface area contributed by atoms with Crippen LogP contribution in [0.15, 0.2) is 51.8 Å². The molecule has 5 rings (SSSR count). The van der Waals surface area contributed by atoms with Crippen LogP contribution in [0.5, 0.6) is 0 Å². The summed E-state index contributed by atoms with van der Waals surface area (Å²) in [6, 6.07) is 13.0. The van der Waals surface area contributed by atoms with Gasteiger partial charge in [0.2, 0.25) is 0 Å². The highest BCUT2D eigenvalue weighted by Crippen LogP contribution is 2.42. The summed E-state index contributed by atoms with van der Waals surface area (Å²) in [4.78, 5) is 23.9. The zero-order chi connectivity index (χ0) is 22.5. The molecule has 2 aromatic carbocycles. The summed E-state index contributed by atoms with van der Waals surface area (Å²) in [6.07, 6.45) is 0.744. The largest absolute Gasteiger partial charge is 0.342 e. The fourth-order valence-electron chi connectivity index (χ4n) is 3.96. The first kappa shape index (κ1) is 21.0. The summed E-state index contributed by atoms with van der Waals surface area (Å²) in [7, 11) is -3.41. The minimum Gasteiger partial charge on any atom is -0.342 e. The molecule has 2 aliphatic heterocycles. The average molecular weight is 470 g/mol. The Bertz CT molecular complexity index is 1310. The fraction of sp³-hybridized carbons (Fsp3) is 0.318. The first-order valence-electron chi connectivity index (χ1n) is 10.5. The van der Waals surface area contributed by atoms with Gasteiger partial charge in [-0.1, -0.05) is 26.0 Å². The molecule has 0 radical (unpaired) electrons. The molecule has 2 aliphatic rings. The van der Waals surface area contributed by atoms with E-state index in [-0.39, 0.29) is 17.7 Å². The molecule has 166 valence electrons. The van der Waals surface area contributed by atoms with Gasteiger partial charge in [0.05, 0.1) is 28.5 Å². The lowest BCUT2D eigenvalue weighted by atomic mass is 10.0. The molecule has 2 N–H and O–H groups in total. The molecule has 0 unspecified atom stereocenters. The van der Waals surface area contributed by atoms with Crippen molar-refractivity contribution in [2.24, 2.45) is 10.3 Å². The number of para-hydroxylation sites is 2. The number of anilines is 1. The van der Waals surface area contributed by atoms with E-state index in [9.17, 15) is 13.2 Å². The van der Waals surface area contributed by atoms with Crippen LogP contribution in [0.2, 0.25) is 0 Å². The van der Waals surface area contributed by atoms with E-state index in [1.807, 2.05) is 35.2 Å². The summed E-state index contributed by atoms with van der Waals surface area (Å²) in [6.45, 7) is 4.59. The number of H-pyrrole nitrogens is 1. The van der Waals surface area contributed by atoms with Crippen molar-refractivity contribution in [3.05, 3.63) is 53.9 Å². The van der Waals surface area contributed by atoms with Crippen molar-refractivity contribution >= 4 is 49.6 Å². The van der Waals surface area contributed by atoms with Gasteiger partial charge in [0.25, 0.3) is 15.9 Å². The van der Waals surface area contributed by atoms with Crippen LogP contribution in [0.25, 0.3) is 11.0 Å². The molecule has 10 heteroatoms. The van der Waals surface area contributed by atoms with Gasteiger partial charge < -0.3 is 15.2 Å². The molecular weight excluding hydrogens is 446 g/mol. The van der Waals surface area contributed by atoms with E-state index in [1.54, 1.807) is 12.1 Å². The van der Waals surface area contributed by atoms with Crippen LogP contribution in [-0.2, 0) is 10.0 Å². The van der Waals surface area contributed by atoms with Crippen LogP contribution in [0.4, 0.5) is 5.69 Å². The number of sulfonamides is 1. The van der Waals surface area contributed by atoms with Gasteiger partial charge in [-0.3, -0.25) is 4.79 Å². The minimum absolute atomic E-state index is 0.00683. The third kappa shape index (κ3) is 4.00. The van der Waals surface area contributed by atoms with Gasteiger partial charge in [-0.15, -0.1) is 4.40 Å². The lowest BCUT2D eigenvalue weighted by Crippen LogP contribution is -2.35. The Morgan fingerprint density at radius 1 is 1.25 bits per heavy atom. The summed E-state index contributed by atoms with van der Waals surface area (Å²) < 4.78 is 27.5. The predicted molar refractivity (Wildman–Crippen MR) is 127 cm³/mol. The zero-order valence-corrected chi connectivity index (χ0v) is 19.3. The lowest BCUT2D eigenvalue weighted by molar-refractivity contribution is 0.0930. The normalized spacial score (nSPS) is 17.7. The summed E-state index contributed by atoms with van der Waals surface area (Å²) in [5.41, 5.74) is 3.21. The number of amides is 1. The number of nitrogens with zero attached hydrogens (tertiary/aromatic N) is 3. The van der Waals surface area contributed by atoms with Gasteiger partial charge in [-0.25, -0.2) is 13.4 Å². The van der Waals surface area contributed by atoms with E-state index in [1.165, 1.54) is 11.8 Å². The Morgan fingerprint density at radius 2 is 2.06 bits per heavy atom. The van der Waals surface area contributed by atoms with Gasteiger partial charge in [-0.05, 0) is 54.4 Å². The molecule has 0 fully saturated rings. The second kappa shape index (κ2) is 7.93. The Labute approximate surface area is 190 Å². The van der Waals surface area contributed by atoms with Crippen LogP contribution in [-0.4, -0.2) is 41.8 Å². The molecule has 3 aromatic rings. The van der Waals surface area contributed by atoms with E-state index < -0.39 is 10.0 Å². The number of fused-ring (bicyclic) bond motifs is 4. The topological polar surface area (TPSA) is 108 Å². The number of nitrogens with one attached hydrogen (secondary N) is 2. The number of imidazole rings is 1. The Kier molecular flexibility index (Phi) is 5.21. The Morgan fingerprint density at radius 3 is 2.84 bits per heavy atom. The monoisotopic (exact) mass is 469 g/mol. The molecule has 0 bridgehead atoms. The first-order chi connectivity index (χ1) is 15.3. The van der Waals surface area contributed by atoms with Crippen molar-refractivity contribution in [2.75, 3.05) is 17.2 Å². The maximum absolute atomic E-state index is 13.1. The number of aromatic nitrogens is 2. The summed E-state index contributed by atoms with van der Waals surface area (Å²) in [5.74, 6) is 0.895. The molecule has 1 atom stereocenters. The number of carbonyl (C=O) groups is 1. The molecule has 32 heavy (non-hydrogen) atoms. The maximum atomic E-state index is 13.1. The first-order valence-corrected chi connectivity index (χ1v) is 12.9. The van der Waals surface area contributed by atoms with E-state index in [4.69, 9.17) is 0 Å². The maximum Gasteiger partial charge on any atom is 0.257 e. The molecule has 0 spiro atoms. The second-order valence-electron chi connectivity index (χ2n) is 8.39. The van der Waals surface area contributed by atoms with Gasteiger partial charge in [0, 0.05) is 17.0 Å². The summed E-state index contributed by atoms with van der Waals surface area (Å²) in [5, 5.41) is 3.58. The van der Waals surface area contributed by atoms with E-state index in [0.717, 1.165) is 33.9 Å². The second-order valence-corrected chi connectivity index (χ2v) is 11.2. The summed E-state index contributed by atoms with van der Waals surface area (Å²) >= 11 is 1.28.